The second-order valence-corrected chi connectivity index (χ2v) is 5.72. The van der Waals surface area contributed by atoms with E-state index < -0.39 is 5.97 Å². The van der Waals surface area contributed by atoms with E-state index in [1.807, 2.05) is 0 Å². The molecule has 2 fully saturated rings. The van der Waals surface area contributed by atoms with E-state index in [2.05, 4.69) is 10.2 Å². The van der Waals surface area contributed by atoms with Crippen LogP contribution in [-0.2, 0) is 9.59 Å². The summed E-state index contributed by atoms with van der Waals surface area (Å²) in [4.78, 5) is 24.8. The van der Waals surface area contributed by atoms with Crippen LogP contribution in [-0.4, -0.2) is 53.6 Å². The highest BCUT2D eigenvalue weighted by atomic mass is 16.4. The molecule has 0 spiro atoms. The van der Waals surface area contributed by atoms with Crippen molar-refractivity contribution in [2.75, 3.05) is 19.6 Å². The molecule has 108 valence electrons. The molecule has 2 aliphatic rings. The van der Waals surface area contributed by atoms with Gasteiger partial charge in [0.2, 0.25) is 5.91 Å². The van der Waals surface area contributed by atoms with E-state index in [9.17, 15) is 9.59 Å². The summed E-state index contributed by atoms with van der Waals surface area (Å²) in [6.45, 7) is 2.05. The summed E-state index contributed by atoms with van der Waals surface area (Å²) in [6, 6.07) is 0.0579. The van der Waals surface area contributed by atoms with Crippen LogP contribution < -0.4 is 11.1 Å². The minimum atomic E-state index is -0.846. The molecule has 0 aromatic heterocycles. The molecule has 1 aliphatic heterocycles. The van der Waals surface area contributed by atoms with Gasteiger partial charge in [-0.15, -0.1) is 0 Å². The summed E-state index contributed by atoms with van der Waals surface area (Å²) in [5.74, 6) is -0.551. The summed E-state index contributed by atoms with van der Waals surface area (Å²) in [7, 11) is 0. The molecule has 19 heavy (non-hydrogen) atoms. The van der Waals surface area contributed by atoms with E-state index in [4.69, 9.17) is 10.8 Å². The molecule has 2 rings (SSSR count). The summed E-state index contributed by atoms with van der Waals surface area (Å²) in [5, 5.41) is 11.7. The number of carbonyl (C=O) groups is 2. The first kappa shape index (κ1) is 14.3. The van der Waals surface area contributed by atoms with Crippen LogP contribution in [0.3, 0.4) is 0 Å². The molecule has 6 heteroatoms. The molecule has 1 atom stereocenters. The van der Waals surface area contributed by atoms with E-state index in [0.717, 1.165) is 38.8 Å². The molecule has 1 saturated heterocycles. The van der Waals surface area contributed by atoms with Crippen molar-refractivity contribution in [3.8, 4) is 0 Å². The topological polar surface area (TPSA) is 95.7 Å². The van der Waals surface area contributed by atoms with Gasteiger partial charge < -0.3 is 16.2 Å². The van der Waals surface area contributed by atoms with Crippen molar-refractivity contribution in [3.63, 3.8) is 0 Å². The van der Waals surface area contributed by atoms with E-state index >= 15 is 0 Å². The molecule has 4 N–H and O–H groups in total. The average Bonchev–Trinajstić information content (AvgIpc) is 3.14. The number of rotatable bonds is 6. The number of nitrogens with zero attached hydrogens (tertiary/aromatic N) is 1. The molecule has 1 aliphatic carbocycles. The highest BCUT2D eigenvalue weighted by Crippen LogP contribution is 2.34. The lowest BCUT2D eigenvalue weighted by molar-refractivity contribution is -0.138. The maximum atomic E-state index is 11.9. The number of aliphatic carboxylic acids is 1. The van der Waals surface area contributed by atoms with E-state index in [1.165, 1.54) is 0 Å². The zero-order chi connectivity index (χ0) is 13.8. The third kappa shape index (κ3) is 4.80. The second-order valence-electron chi connectivity index (χ2n) is 5.72. The van der Waals surface area contributed by atoms with Gasteiger partial charge in [-0.3, -0.25) is 14.5 Å². The van der Waals surface area contributed by atoms with Gasteiger partial charge in [-0.05, 0) is 31.6 Å². The van der Waals surface area contributed by atoms with Gasteiger partial charge in [0.05, 0.1) is 13.0 Å². The van der Waals surface area contributed by atoms with E-state index in [1.54, 1.807) is 0 Å². The second kappa shape index (κ2) is 6.34. The summed E-state index contributed by atoms with van der Waals surface area (Å²) >= 11 is 0. The zero-order valence-corrected chi connectivity index (χ0v) is 11.2. The lowest BCUT2D eigenvalue weighted by Crippen LogP contribution is -2.47. The van der Waals surface area contributed by atoms with Crippen LogP contribution in [0.2, 0.25) is 0 Å². The third-order valence-corrected chi connectivity index (χ3v) is 3.93. The van der Waals surface area contributed by atoms with Crippen molar-refractivity contribution in [1.82, 2.24) is 10.2 Å². The van der Waals surface area contributed by atoms with Gasteiger partial charge >= 0.3 is 5.97 Å². The molecule has 0 aromatic carbocycles. The lowest BCUT2D eigenvalue weighted by Gasteiger charge is -2.30. The minimum Gasteiger partial charge on any atom is -0.481 e. The monoisotopic (exact) mass is 269 g/mol. The van der Waals surface area contributed by atoms with Gasteiger partial charge in [-0.2, -0.15) is 0 Å². The number of likely N-dealkylation sites (tertiary alicyclic amines) is 1. The summed E-state index contributed by atoms with van der Waals surface area (Å²) in [6.07, 6.45) is 3.93. The molecular weight excluding hydrogens is 246 g/mol. The van der Waals surface area contributed by atoms with Crippen LogP contribution in [0.4, 0.5) is 0 Å². The molecule has 0 aromatic rings. The Morgan fingerprint density at radius 2 is 1.89 bits per heavy atom. The van der Waals surface area contributed by atoms with Crippen molar-refractivity contribution in [1.29, 1.82) is 0 Å². The third-order valence-electron chi connectivity index (χ3n) is 3.93. The highest BCUT2D eigenvalue weighted by molar-refractivity contribution is 5.79. The van der Waals surface area contributed by atoms with Gasteiger partial charge in [0.15, 0.2) is 0 Å². The molecule has 1 saturated carbocycles. The van der Waals surface area contributed by atoms with Gasteiger partial charge in [-0.25, -0.2) is 0 Å². The van der Waals surface area contributed by atoms with Crippen LogP contribution in [0, 0.1) is 5.92 Å². The van der Waals surface area contributed by atoms with Crippen LogP contribution in [0.1, 0.15) is 32.1 Å². The van der Waals surface area contributed by atoms with Crippen molar-refractivity contribution < 1.29 is 14.7 Å². The van der Waals surface area contributed by atoms with Crippen LogP contribution in [0.25, 0.3) is 0 Å². The predicted octanol–water partition coefficient (Wildman–Crippen LogP) is -0.221. The van der Waals surface area contributed by atoms with Crippen molar-refractivity contribution in [2.24, 2.45) is 11.7 Å². The number of carbonyl (C=O) groups excluding carboxylic acids is 1. The van der Waals surface area contributed by atoms with Gasteiger partial charge in [0.25, 0.3) is 0 Å². The quantitative estimate of drug-likeness (QED) is 0.619. The number of nitrogens with one attached hydrogen (secondary N) is 1. The standard InChI is InChI=1S/C13H23N3O3/c14-10-3-5-16(6-4-10)8-12(17)15-11(7-13(18)19)9-1-2-9/h9-11H,1-8,14H2,(H,15,17)(H,18,19). The lowest BCUT2D eigenvalue weighted by atomic mass is 10.1. The number of amides is 1. The normalized spacial score (nSPS) is 23.0. The van der Waals surface area contributed by atoms with E-state index in [0.29, 0.717) is 12.5 Å². The smallest absolute Gasteiger partial charge is 0.305 e. The predicted molar refractivity (Wildman–Crippen MR) is 70.6 cm³/mol. The number of hydrogen-bond donors (Lipinski definition) is 3. The summed E-state index contributed by atoms with van der Waals surface area (Å²) < 4.78 is 0. The number of piperidine rings is 1. The maximum absolute atomic E-state index is 11.9. The molecule has 1 heterocycles. The van der Waals surface area contributed by atoms with Crippen molar-refractivity contribution >= 4 is 11.9 Å². The molecule has 0 bridgehead atoms. The molecular formula is C13H23N3O3. The summed E-state index contributed by atoms with van der Waals surface area (Å²) in [5.41, 5.74) is 5.82. The minimum absolute atomic E-state index is 0.0290. The Labute approximate surface area is 113 Å². The van der Waals surface area contributed by atoms with Crippen molar-refractivity contribution in [3.05, 3.63) is 0 Å². The first-order valence-corrected chi connectivity index (χ1v) is 7.03. The van der Waals surface area contributed by atoms with Gasteiger partial charge in [0.1, 0.15) is 0 Å². The Kier molecular flexibility index (Phi) is 4.76. The fourth-order valence-corrected chi connectivity index (χ4v) is 2.59. The largest absolute Gasteiger partial charge is 0.481 e. The van der Waals surface area contributed by atoms with Crippen LogP contribution >= 0.6 is 0 Å². The Morgan fingerprint density at radius 3 is 2.42 bits per heavy atom. The highest BCUT2D eigenvalue weighted by Gasteiger charge is 2.34. The Bertz CT molecular complexity index is 336. The molecule has 0 radical (unpaired) electrons. The molecule has 1 unspecified atom stereocenters. The fraction of sp³-hybridized carbons (Fsp3) is 0.846. The van der Waals surface area contributed by atoms with Crippen molar-refractivity contribution in [2.45, 2.75) is 44.2 Å². The molecule has 6 nitrogen and oxygen atoms in total. The number of nitrogens with two attached hydrogens (primary N) is 1. The Balaban J connectivity index is 1.74. The van der Waals surface area contributed by atoms with Gasteiger partial charge in [-0.1, -0.05) is 0 Å². The average molecular weight is 269 g/mol. The molecule has 1 amide bonds. The van der Waals surface area contributed by atoms with E-state index in [-0.39, 0.29) is 24.4 Å². The maximum Gasteiger partial charge on any atom is 0.305 e. The number of hydrogen-bond acceptors (Lipinski definition) is 4. The van der Waals surface area contributed by atoms with Crippen LogP contribution in [0.15, 0.2) is 0 Å². The first-order chi connectivity index (χ1) is 9.04. The first-order valence-electron chi connectivity index (χ1n) is 7.03. The number of carboxylic acid groups (broad SMARTS) is 1. The van der Waals surface area contributed by atoms with Crippen LogP contribution in [0.5, 0.6) is 0 Å². The van der Waals surface area contributed by atoms with Gasteiger partial charge in [0, 0.05) is 25.2 Å². The SMILES string of the molecule is NC1CCN(CC(=O)NC(CC(=O)O)C2CC2)CC1. The Hall–Kier alpha value is -1.14. The fourth-order valence-electron chi connectivity index (χ4n) is 2.59. The number of carboxylic acids is 1. The zero-order valence-electron chi connectivity index (χ0n) is 11.2. The Morgan fingerprint density at radius 1 is 1.26 bits per heavy atom.